The number of pyridine rings is 1. The van der Waals surface area contributed by atoms with Gasteiger partial charge in [-0.25, -0.2) is 0 Å². The van der Waals surface area contributed by atoms with E-state index < -0.39 is 11.4 Å². The van der Waals surface area contributed by atoms with E-state index in [9.17, 15) is 14.7 Å². The van der Waals surface area contributed by atoms with Gasteiger partial charge >= 0.3 is 5.97 Å². The van der Waals surface area contributed by atoms with Gasteiger partial charge in [-0.1, -0.05) is 12.1 Å². The maximum absolute atomic E-state index is 12.6. The minimum Gasteiger partial charge on any atom is -0.481 e. The molecule has 2 rings (SSSR count). The minimum atomic E-state index is -0.894. The quantitative estimate of drug-likeness (QED) is 0.771. The minimum absolute atomic E-state index is 0.0391. The van der Waals surface area contributed by atoms with E-state index in [4.69, 9.17) is 0 Å². The molecule has 1 atom stereocenters. The summed E-state index contributed by atoms with van der Waals surface area (Å²) in [6, 6.07) is 5.69. The first kappa shape index (κ1) is 18.1. The van der Waals surface area contributed by atoms with Gasteiger partial charge in [0.2, 0.25) is 5.91 Å². The number of amides is 1. The molecule has 1 aliphatic rings. The van der Waals surface area contributed by atoms with E-state index in [2.05, 4.69) is 11.6 Å². The van der Waals surface area contributed by atoms with Crippen molar-refractivity contribution in [2.75, 3.05) is 26.7 Å². The maximum atomic E-state index is 12.6. The Morgan fingerprint density at radius 2 is 2.29 bits per heavy atom. The van der Waals surface area contributed by atoms with Gasteiger partial charge in [-0.15, -0.1) is 6.58 Å². The molecule has 6 nitrogen and oxygen atoms in total. The molecule has 0 spiro atoms. The number of aromatic nitrogens is 1. The molecule has 0 bridgehead atoms. The van der Waals surface area contributed by atoms with E-state index in [1.165, 1.54) is 0 Å². The molecule has 0 aromatic carbocycles. The number of hydrogen-bond donors (Lipinski definition) is 1. The maximum Gasteiger partial charge on any atom is 0.311 e. The first-order valence-corrected chi connectivity index (χ1v) is 8.17. The summed E-state index contributed by atoms with van der Waals surface area (Å²) >= 11 is 0. The van der Waals surface area contributed by atoms with Crippen LogP contribution in [-0.2, 0) is 16.1 Å². The van der Waals surface area contributed by atoms with E-state index in [0.29, 0.717) is 32.4 Å². The van der Waals surface area contributed by atoms with Gasteiger partial charge in [-0.05, 0) is 38.4 Å². The lowest BCUT2D eigenvalue weighted by Gasteiger charge is -2.40. The molecule has 0 saturated carbocycles. The Hall–Kier alpha value is -2.21. The Balaban J connectivity index is 1.96. The lowest BCUT2D eigenvalue weighted by atomic mass is 9.77. The van der Waals surface area contributed by atoms with Crippen molar-refractivity contribution in [1.29, 1.82) is 0 Å². The zero-order valence-corrected chi connectivity index (χ0v) is 14.1. The lowest BCUT2D eigenvalue weighted by Crippen LogP contribution is -2.51. The zero-order chi connectivity index (χ0) is 17.6. The van der Waals surface area contributed by atoms with Crippen LogP contribution in [0, 0.1) is 5.41 Å². The number of carbonyl (C=O) groups excluding carboxylic acids is 1. The summed E-state index contributed by atoms with van der Waals surface area (Å²) in [4.78, 5) is 32.1. The lowest BCUT2D eigenvalue weighted by molar-refractivity contribution is -0.154. The second-order valence-electron chi connectivity index (χ2n) is 6.49. The second kappa shape index (κ2) is 8.06. The fourth-order valence-electron chi connectivity index (χ4n) is 3.20. The first-order chi connectivity index (χ1) is 11.5. The SMILES string of the molecule is C=CC[C@@]1(C(=O)O)CCCN(C(=O)CN(C)Cc2ccccn2)C1. The van der Waals surface area contributed by atoms with Crippen LogP contribution in [0.25, 0.3) is 0 Å². The van der Waals surface area contributed by atoms with Crippen LogP contribution >= 0.6 is 0 Å². The molecule has 1 aromatic rings. The Kier molecular flexibility index (Phi) is 6.09. The molecule has 130 valence electrons. The van der Waals surface area contributed by atoms with Gasteiger partial charge in [0.15, 0.2) is 0 Å². The average Bonchev–Trinajstić information content (AvgIpc) is 2.56. The summed E-state index contributed by atoms with van der Waals surface area (Å²) in [5.41, 5.74) is 0.00728. The number of nitrogens with zero attached hydrogens (tertiary/aromatic N) is 3. The van der Waals surface area contributed by atoms with E-state index in [1.54, 1.807) is 17.2 Å². The highest BCUT2D eigenvalue weighted by molar-refractivity contribution is 5.81. The van der Waals surface area contributed by atoms with Gasteiger partial charge in [0.25, 0.3) is 0 Å². The summed E-state index contributed by atoms with van der Waals surface area (Å²) in [7, 11) is 1.87. The number of carboxylic acids is 1. The molecule has 1 fully saturated rings. The third-order valence-electron chi connectivity index (χ3n) is 4.48. The average molecular weight is 331 g/mol. The van der Waals surface area contributed by atoms with Gasteiger partial charge in [0.1, 0.15) is 0 Å². The van der Waals surface area contributed by atoms with Crippen molar-refractivity contribution in [3.8, 4) is 0 Å². The number of likely N-dealkylation sites (tertiary alicyclic amines) is 1. The standard InChI is InChI=1S/C18H25N3O3/c1-3-8-18(17(23)24)9-6-11-21(14-18)16(22)13-20(2)12-15-7-4-5-10-19-15/h3-5,7,10H,1,6,8-9,11-14H2,2H3,(H,23,24)/t18-/m1/s1. The number of piperidine rings is 1. The molecular formula is C18H25N3O3. The summed E-state index contributed by atoms with van der Waals surface area (Å²) in [5.74, 6) is -0.885. The van der Waals surface area contributed by atoms with Gasteiger partial charge < -0.3 is 10.0 Å². The number of carboxylic acid groups (broad SMARTS) is 1. The number of allylic oxidation sites excluding steroid dienone is 1. The second-order valence-corrected chi connectivity index (χ2v) is 6.49. The molecule has 1 N–H and O–H groups in total. The molecule has 0 unspecified atom stereocenters. The van der Waals surface area contributed by atoms with Crippen LogP contribution in [0.4, 0.5) is 0 Å². The third-order valence-corrected chi connectivity index (χ3v) is 4.48. The molecule has 2 heterocycles. The highest BCUT2D eigenvalue weighted by Crippen LogP contribution is 2.34. The molecule has 6 heteroatoms. The predicted octanol–water partition coefficient (Wildman–Crippen LogP) is 1.78. The number of rotatable bonds is 7. The predicted molar refractivity (Wildman–Crippen MR) is 91.3 cm³/mol. The first-order valence-electron chi connectivity index (χ1n) is 8.17. The van der Waals surface area contributed by atoms with Gasteiger partial charge in [0, 0.05) is 25.8 Å². The van der Waals surface area contributed by atoms with E-state index in [1.807, 2.05) is 30.1 Å². The molecule has 1 aromatic heterocycles. The Morgan fingerprint density at radius 1 is 1.50 bits per heavy atom. The largest absolute Gasteiger partial charge is 0.481 e. The van der Waals surface area contributed by atoms with Crippen molar-refractivity contribution in [1.82, 2.24) is 14.8 Å². The van der Waals surface area contributed by atoms with Crippen molar-refractivity contribution in [2.45, 2.75) is 25.8 Å². The number of aliphatic carboxylic acids is 1. The summed E-state index contributed by atoms with van der Waals surface area (Å²) in [6.07, 6.45) is 5.04. The highest BCUT2D eigenvalue weighted by atomic mass is 16.4. The molecule has 0 aliphatic carbocycles. The van der Waals surface area contributed by atoms with Crippen LogP contribution in [0.1, 0.15) is 25.0 Å². The van der Waals surface area contributed by atoms with Crippen LogP contribution in [-0.4, -0.2) is 58.4 Å². The molecule has 1 aliphatic heterocycles. The summed E-state index contributed by atoms with van der Waals surface area (Å²) in [5, 5.41) is 9.59. The summed E-state index contributed by atoms with van der Waals surface area (Å²) in [6.45, 7) is 5.36. The molecule has 1 amide bonds. The van der Waals surface area contributed by atoms with Crippen LogP contribution in [0.5, 0.6) is 0 Å². The molecule has 1 saturated heterocycles. The van der Waals surface area contributed by atoms with Crippen molar-refractivity contribution < 1.29 is 14.7 Å². The van der Waals surface area contributed by atoms with Crippen molar-refractivity contribution in [2.24, 2.45) is 5.41 Å². The third kappa shape index (κ3) is 4.41. The number of hydrogen-bond acceptors (Lipinski definition) is 4. The normalized spacial score (nSPS) is 20.8. The van der Waals surface area contributed by atoms with Crippen LogP contribution < -0.4 is 0 Å². The van der Waals surface area contributed by atoms with Gasteiger partial charge in [-0.3, -0.25) is 19.5 Å². The Labute approximate surface area is 142 Å². The fourth-order valence-corrected chi connectivity index (χ4v) is 3.20. The highest BCUT2D eigenvalue weighted by Gasteiger charge is 2.42. The van der Waals surface area contributed by atoms with E-state index in [-0.39, 0.29) is 19.0 Å². The van der Waals surface area contributed by atoms with Crippen LogP contribution in [0.2, 0.25) is 0 Å². The number of carbonyl (C=O) groups is 2. The Bertz CT molecular complexity index is 590. The monoisotopic (exact) mass is 331 g/mol. The summed E-state index contributed by atoms with van der Waals surface area (Å²) < 4.78 is 0. The van der Waals surface area contributed by atoms with E-state index in [0.717, 1.165) is 5.69 Å². The zero-order valence-electron chi connectivity index (χ0n) is 14.1. The van der Waals surface area contributed by atoms with E-state index >= 15 is 0 Å². The van der Waals surface area contributed by atoms with Crippen molar-refractivity contribution in [3.05, 3.63) is 42.7 Å². The molecule has 0 radical (unpaired) electrons. The smallest absolute Gasteiger partial charge is 0.311 e. The van der Waals surface area contributed by atoms with Crippen LogP contribution in [0.3, 0.4) is 0 Å². The van der Waals surface area contributed by atoms with Crippen molar-refractivity contribution in [3.63, 3.8) is 0 Å². The fraction of sp³-hybridized carbons (Fsp3) is 0.500. The molecular weight excluding hydrogens is 306 g/mol. The van der Waals surface area contributed by atoms with Gasteiger partial charge in [0.05, 0.1) is 17.7 Å². The Morgan fingerprint density at radius 3 is 2.92 bits per heavy atom. The molecule has 24 heavy (non-hydrogen) atoms. The van der Waals surface area contributed by atoms with Crippen LogP contribution in [0.15, 0.2) is 37.1 Å². The van der Waals surface area contributed by atoms with Gasteiger partial charge in [-0.2, -0.15) is 0 Å². The topological polar surface area (TPSA) is 73.7 Å². The number of likely N-dealkylation sites (N-methyl/N-ethyl adjacent to an activating group) is 1. The van der Waals surface area contributed by atoms with Crippen molar-refractivity contribution >= 4 is 11.9 Å².